The topological polar surface area (TPSA) is 52.9 Å². The summed E-state index contributed by atoms with van der Waals surface area (Å²) in [6.45, 7) is 5.04. The second-order valence-electron chi connectivity index (χ2n) is 10.8. The molecule has 0 radical (unpaired) electrons. The normalized spacial score (nSPS) is 16.8. The molecule has 0 aliphatic carbocycles. The Morgan fingerprint density at radius 3 is 2.02 bits per heavy atom. The molecule has 6 heteroatoms. The van der Waals surface area contributed by atoms with E-state index in [1.807, 2.05) is 104 Å². The zero-order valence-corrected chi connectivity index (χ0v) is 25.0. The van der Waals surface area contributed by atoms with Crippen molar-refractivity contribution in [1.29, 1.82) is 0 Å². The van der Waals surface area contributed by atoms with E-state index in [0.717, 1.165) is 57.7 Å². The van der Waals surface area contributed by atoms with Gasteiger partial charge in [-0.25, -0.2) is 0 Å². The summed E-state index contributed by atoms with van der Waals surface area (Å²) in [5, 5.41) is 23.9. The van der Waals surface area contributed by atoms with Crippen molar-refractivity contribution in [2.45, 2.75) is 37.4 Å². The van der Waals surface area contributed by atoms with E-state index in [1.165, 1.54) is 0 Å². The summed E-state index contributed by atoms with van der Waals surface area (Å²) in [7, 11) is 0. The van der Waals surface area contributed by atoms with Crippen molar-refractivity contribution in [1.82, 2.24) is 4.90 Å². The van der Waals surface area contributed by atoms with Crippen LogP contribution in [0, 0.1) is 6.92 Å². The second kappa shape index (κ2) is 12.5. The molecule has 1 saturated heterocycles. The molecule has 4 aromatic rings. The van der Waals surface area contributed by atoms with Crippen molar-refractivity contribution in [2.75, 3.05) is 26.2 Å². The van der Waals surface area contributed by atoms with Gasteiger partial charge in [-0.1, -0.05) is 93.8 Å². The maximum atomic E-state index is 12.0. The average Bonchev–Trinajstić information content (AvgIpc) is 2.96. The first-order chi connectivity index (χ1) is 19.2. The maximum absolute atomic E-state index is 12.0. The summed E-state index contributed by atoms with van der Waals surface area (Å²) in [5.74, 6) is 0.768. The number of aliphatic hydroxyl groups is 2. The van der Waals surface area contributed by atoms with Crippen molar-refractivity contribution >= 4 is 27.5 Å². The molecular weight excluding hydrogens is 586 g/mol. The lowest BCUT2D eigenvalue weighted by atomic mass is 9.81. The number of halogens is 2. The van der Waals surface area contributed by atoms with Crippen LogP contribution in [0.4, 0.5) is 0 Å². The summed E-state index contributed by atoms with van der Waals surface area (Å²) < 4.78 is 7.09. The molecule has 208 valence electrons. The minimum absolute atomic E-state index is 0.426. The monoisotopic (exact) mass is 619 g/mol. The van der Waals surface area contributed by atoms with Crippen LogP contribution < -0.4 is 4.74 Å². The third kappa shape index (κ3) is 6.79. The van der Waals surface area contributed by atoms with Crippen LogP contribution in [-0.2, 0) is 17.6 Å². The van der Waals surface area contributed by atoms with E-state index in [-0.39, 0.29) is 0 Å². The Morgan fingerprint density at radius 2 is 1.43 bits per heavy atom. The number of ether oxygens (including phenoxy) is 1. The first kappa shape index (κ1) is 28.8. The third-order valence-electron chi connectivity index (χ3n) is 7.98. The van der Waals surface area contributed by atoms with E-state index < -0.39 is 11.2 Å². The molecule has 40 heavy (non-hydrogen) atoms. The summed E-state index contributed by atoms with van der Waals surface area (Å²) in [4.78, 5) is 2.34. The van der Waals surface area contributed by atoms with E-state index in [9.17, 15) is 10.2 Å². The Bertz CT molecular complexity index is 1380. The van der Waals surface area contributed by atoms with Gasteiger partial charge in [-0.2, -0.15) is 0 Å². The van der Waals surface area contributed by atoms with Gasteiger partial charge in [0.05, 0.1) is 5.60 Å². The zero-order valence-electron chi connectivity index (χ0n) is 22.7. The molecule has 5 rings (SSSR count). The van der Waals surface area contributed by atoms with E-state index >= 15 is 0 Å². The third-order valence-corrected chi connectivity index (χ3v) is 8.76. The first-order valence-electron chi connectivity index (χ1n) is 13.7. The molecule has 0 saturated carbocycles. The number of aryl methyl sites for hydroxylation is 1. The van der Waals surface area contributed by atoms with Crippen LogP contribution in [0.1, 0.15) is 40.7 Å². The highest BCUT2D eigenvalue weighted by Gasteiger charge is 2.34. The highest BCUT2D eigenvalue weighted by molar-refractivity contribution is 9.10. The minimum Gasteiger partial charge on any atom is -0.492 e. The van der Waals surface area contributed by atoms with Crippen LogP contribution in [0.15, 0.2) is 102 Å². The van der Waals surface area contributed by atoms with Crippen molar-refractivity contribution in [3.05, 3.63) is 134 Å². The Hall–Kier alpha value is -2.67. The van der Waals surface area contributed by atoms with Gasteiger partial charge >= 0.3 is 0 Å². The molecule has 1 aliphatic rings. The maximum Gasteiger partial charge on any atom is 0.119 e. The molecule has 4 aromatic carbocycles. The van der Waals surface area contributed by atoms with E-state index in [0.29, 0.717) is 30.9 Å². The van der Waals surface area contributed by atoms with Crippen molar-refractivity contribution in [2.24, 2.45) is 0 Å². The minimum atomic E-state index is -1.19. The Balaban J connectivity index is 1.20. The Morgan fingerprint density at radius 1 is 0.850 bits per heavy atom. The second-order valence-corrected chi connectivity index (χ2v) is 12.1. The summed E-state index contributed by atoms with van der Waals surface area (Å²) >= 11 is 9.56. The van der Waals surface area contributed by atoms with Crippen molar-refractivity contribution in [3.63, 3.8) is 0 Å². The van der Waals surface area contributed by atoms with Gasteiger partial charge < -0.3 is 14.9 Å². The van der Waals surface area contributed by atoms with Crippen LogP contribution in [0.25, 0.3) is 0 Å². The molecule has 4 nitrogen and oxygen atoms in total. The van der Waals surface area contributed by atoms with Crippen LogP contribution in [0.2, 0.25) is 5.02 Å². The number of benzene rings is 4. The summed E-state index contributed by atoms with van der Waals surface area (Å²) in [5.41, 5.74) is 2.81. The number of hydrogen-bond acceptors (Lipinski definition) is 4. The van der Waals surface area contributed by atoms with E-state index in [2.05, 4.69) is 20.8 Å². The van der Waals surface area contributed by atoms with Gasteiger partial charge in [0.25, 0.3) is 0 Å². The molecule has 0 amide bonds. The molecule has 2 N–H and O–H groups in total. The summed E-state index contributed by atoms with van der Waals surface area (Å²) in [6, 6.07) is 31.4. The van der Waals surface area contributed by atoms with E-state index in [4.69, 9.17) is 16.3 Å². The molecule has 0 bridgehead atoms. The Kier molecular flexibility index (Phi) is 8.98. The molecule has 1 atom stereocenters. The van der Waals surface area contributed by atoms with Gasteiger partial charge in [-0.3, -0.25) is 4.90 Å². The largest absolute Gasteiger partial charge is 0.492 e. The highest BCUT2D eigenvalue weighted by Crippen LogP contribution is 2.35. The number of piperidine rings is 1. The lowest BCUT2D eigenvalue weighted by Gasteiger charge is -2.38. The standard InChI is InChI=1S/C34H35BrClNO3/c1-25-2-6-28(7-3-25)34(39,24-26-4-14-31(36)15-5-26)29-10-16-32(17-11-29)40-23-22-37-20-18-33(38,19-21-37)27-8-12-30(35)13-9-27/h2-17,38-39H,18-24H2,1H3. The van der Waals surface area contributed by atoms with Gasteiger partial charge in [-0.05, 0) is 78.4 Å². The van der Waals surface area contributed by atoms with Gasteiger partial charge in [0.1, 0.15) is 18.0 Å². The quantitative estimate of drug-likeness (QED) is 0.207. The van der Waals surface area contributed by atoms with Gasteiger partial charge in [0.2, 0.25) is 0 Å². The molecule has 1 heterocycles. The molecule has 1 fully saturated rings. The average molecular weight is 621 g/mol. The SMILES string of the molecule is Cc1ccc(C(O)(Cc2ccc(Cl)cc2)c2ccc(OCCN3CCC(O)(c4ccc(Br)cc4)CC3)cc2)cc1. The zero-order chi connectivity index (χ0) is 28.2. The molecular formula is C34H35BrClNO3. The molecule has 1 aliphatic heterocycles. The number of likely N-dealkylation sites (tertiary alicyclic amines) is 1. The van der Waals surface area contributed by atoms with Crippen LogP contribution in [-0.4, -0.2) is 41.4 Å². The first-order valence-corrected chi connectivity index (χ1v) is 14.9. The number of nitrogens with zero attached hydrogens (tertiary/aromatic N) is 1. The fourth-order valence-electron chi connectivity index (χ4n) is 5.41. The Labute approximate surface area is 250 Å². The van der Waals surface area contributed by atoms with Gasteiger partial charge in [0, 0.05) is 35.6 Å². The highest BCUT2D eigenvalue weighted by atomic mass is 79.9. The lowest BCUT2D eigenvalue weighted by Crippen LogP contribution is -2.43. The number of rotatable bonds is 9. The smallest absolute Gasteiger partial charge is 0.119 e. The van der Waals surface area contributed by atoms with Gasteiger partial charge in [0.15, 0.2) is 0 Å². The van der Waals surface area contributed by atoms with Crippen LogP contribution in [0.5, 0.6) is 5.75 Å². The lowest BCUT2D eigenvalue weighted by molar-refractivity contribution is -0.0278. The van der Waals surface area contributed by atoms with Crippen LogP contribution >= 0.6 is 27.5 Å². The fourth-order valence-corrected chi connectivity index (χ4v) is 5.80. The number of hydrogen-bond donors (Lipinski definition) is 2. The molecule has 0 aromatic heterocycles. The fraction of sp³-hybridized carbons (Fsp3) is 0.294. The molecule has 0 spiro atoms. The van der Waals surface area contributed by atoms with Crippen molar-refractivity contribution < 1.29 is 14.9 Å². The van der Waals surface area contributed by atoms with Crippen LogP contribution in [0.3, 0.4) is 0 Å². The van der Waals surface area contributed by atoms with E-state index in [1.54, 1.807) is 0 Å². The van der Waals surface area contributed by atoms with Gasteiger partial charge in [-0.15, -0.1) is 0 Å². The molecule has 1 unspecified atom stereocenters. The van der Waals surface area contributed by atoms with Crippen molar-refractivity contribution in [3.8, 4) is 5.75 Å². The summed E-state index contributed by atoms with van der Waals surface area (Å²) in [6.07, 6.45) is 1.83. The predicted molar refractivity (Wildman–Crippen MR) is 165 cm³/mol. The predicted octanol–water partition coefficient (Wildman–Crippen LogP) is 7.25.